The van der Waals surface area contributed by atoms with E-state index in [0.29, 0.717) is 23.7 Å². The number of anilines is 3. The molecule has 0 saturated heterocycles. The van der Waals surface area contributed by atoms with Crippen LogP contribution in [0.2, 0.25) is 0 Å². The third-order valence-corrected chi connectivity index (χ3v) is 14.7. The minimum absolute atomic E-state index is 0.129. The van der Waals surface area contributed by atoms with E-state index in [1.807, 2.05) is 0 Å². The Morgan fingerprint density at radius 2 is 1.20 bits per heavy atom. The summed E-state index contributed by atoms with van der Waals surface area (Å²) in [5.74, 6) is 4.90. The number of hydrogen-bond donors (Lipinski definition) is 0. The van der Waals surface area contributed by atoms with E-state index in [2.05, 4.69) is 208 Å². The van der Waals surface area contributed by atoms with E-state index in [1.165, 1.54) is 75.3 Å². The zero-order chi connectivity index (χ0) is 41.4. The van der Waals surface area contributed by atoms with Crippen LogP contribution in [0, 0.1) is 30.6 Å². The quantitative estimate of drug-likeness (QED) is 0.143. The number of ether oxygens (including phenoxy) is 1. The van der Waals surface area contributed by atoms with E-state index < -0.39 is 0 Å². The zero-order valence-corrected chi connectivity index (χ0v) is 35.8. The maximum Gasteiger partial charge on any atom is 0.133 e. The average molecular weight is 795 g/mol. The minimum Gasteiger partial charge on any atom is -0.457 e. The molecule has 5 atom stereocenters. The maximum absolute atomic E-state index is 7.15. The number of aromatic nitrogens is 1. The second-order valence-corrected chi connectivity index (χ2v) is 18.8. The molecule has 3 nitrogen and oxygen atoms in total. The molecule has 3 heteroatoms. The van der Waals surface area contributed by atoms with Crippen molar-refractivity contribution < 1.29 is 4.74 Å². The number of para-hydroxylation sites is 3. The van der Waals surface area contributed by atoms with Crippen LogP contribution in [0.3, 0.4) is 0 Å². The van der Waals surface area contributed by atoms with Crippen molar-refractivity contribution >= 4 is 38.9 Å². The van der Waals surface area contributed by atoms with E-state index >= 15 is 0 Å². The lowest BCUT2D eigenvalue weighted by Crippen LogP contribution is -2.37. The highest BCUT2D eigenvalue weighted by atomic mass is 16.5. The molecule has 61 heavy (non-hydrogen) atoms. The van der Waals surface area contributed by atoms with Crippen LogP contribution < -0.4 is 9.64 Å². The summed E-state index contributed by atoms with van der Waals surface area (Å²) in [6.07, 6.45) is 7.15. The first-order chi connectivity index (χ1) is 29.8. The Hall–Kier alpha value is -6.32. The van der Waals surface area contributed by atoms with Gasteiger partial charge in [0, 0.05) is 45.0 Å². The van der Waals surface area contributed by atoms with Gasteiger partial charge in [0.15, 0.2) is 0 Å². The molecule has 302 valence electrons. The second kappa shape index (κ2) is 14.7. The van der Waals surface area contributed by atoms with E-state index in [-0.39, 0.29) is 5.41 Å². The van der Waals surface area contributed by atoms with E-state index in [1.54, 1.807) is 0 Å². The fourth-order valence-electron chi connectivity index (χ4n) is 11.9. The van der Waals surface area contributed by atoms with Crippen molar-refractivity contribution in [3.63, 3.8) is 0 Å². The molecule has 3 aliphatic rings. The zero-order valence-electron chi connectivity index (χ0n) is 35.8. The maximum atomic E-state index is 7.15. The van der Waals surface area contributed by atoms with Gasteiger partial charge in [0.05, 0.1) is 11.0 Å². The third-order valence-electron chi connectivity index (χ3n) is 14.7. The van der Waals surface area contributed by atoms with Gasteiger partial charge >= 0.3 is 0 Å². The SMILES string of the molecule is C=C[C@@H]1C[C@H]2C[C@H](C)C[C@@H](C1)C2c1ccc(N(c2ccc(-n3c4ccccc4c4ccccc43)cc2)c2ccc3c(c2)C(C)(C)c2ccccc2-3)cc1Oc1ccccc1C. The van der Waals surface area contributed by atoms with Gasteiger partial charge in [-0.15, -0.1) is 6.58 Å². The lowest BCUT2D eigenvalue weighted by atomic mass is 9.57. The molecule has 3 aliphatic carbocycles. The van der Waals surface area contributed by atoms with Crippen molar-refractivity contribution in [1.82, 2.24) is 4.57 Å². The smallest absolute Gasteiger partial charge is 0.133 e. The molecule has 2 saturated carbocycles. The highest BCUT2D eigenvalue weighted by Crippen LogP contribution is 2.57. The van der Waals surface area contributed by atoms with Crippen LogP contribution in [0.25, 0.3) is 38.6 Å². The van der Waals surface area contributed by atoms with Gasteiger partial charge in [0.2, 0.25) is 0 Å². The molecule has 0 spiro atoms. The molecule has 7 aromatic carbocycles. The summed E-state index contributed by atoms with van der Waals surface area (Å²) >= 11 is 0. The second-order valence-electron chi connectivity index (χ2n) is 18.8. The van der Waals surface area contributed by atoms with E-state index in [4.69, 9.17) is 4.74 Å². The first-order valence-corrected chi connectivity index (χ1v) is 22.4. The number of allylic oxidation sites excluding steroid dienone is 1. The number of benzene rings is 7. The van der Waals surface area contributed by atoms with Crippen LogP contribution in [0.5, 0.6) is 11.5 Å². The summed E-state index contributed by atoms with van der Waals surface area (Å²) < 4.78 is 9.55. The molecule has 11 rings (SSSR count). The molecule has 1 unspecified atom stereocenters. The van der Waals surface area contributed by atoms with Gasteiger partial charge in [-0.3, -0.25) is 0 Å². The summed E-state index contributed by atoms with van der Waals surface area (Å²) in [5, 5.41) is 2.53. The fraction of sp³-hybridized carbons (Fsp3) is 0.241. The number of hydrogen-bond acceptors (Lipinski definition) is 2. The predicted octanol–water partition coefficient (Wildman–Crippen LogP) is 16.0. The van der Waals surface area contributed by atoms with Crippen LogP contribution in [0.4, 0.5) is 17.1 Å². The van der Waals surface area contributed by atoms with Crippen molar-refractivity contribution in [2.24, 2.45) is 23.7 Å². The molecule has 1 heterocycles. The standard InChI is InChI=1S/C58H54N2O/c1-6-39-33-40-31-37(2)32-41(34-39)57(40)50-30-28-45(36-56(50)61-55-22-14-7-15-38(55)3)59(44-27-29-47-46-16-8-11-19-51(46)58(4,5)52(47)35-44)42-23-25-43(26-24-42)60-53-20-12-9-17-48(53)49-18-10-13-21-54(49)60/h6-30,35-37,39-41,57H,1,31-34H2,2-5H3/t37-,39+,40+,41-,57?. The van der Waals surface area contributed by atoms with E-state index in [0.717, 1.165) is 45.7 Å². The van der Waals surface area contributed by atoms with Crippen molar-refractivity contribution in [1.29, 1.82) is 0 Å². The Morgan fingerprint density at radius 1 is 0.607 bits per heavy atom. The number of fused-ring (bicyclic) bond motifs is 8. The van der Waals surface area contributed by atoms with Gasteiger partial charge in [-0.25, -0.2) is 0 Å². The van der Waals surface area contributed by atoms with Crippen LogP contribution in [-0.4, -0.2) is 4.57 Å². The highest BCUT2D eigenvalue weighted by molar-refractivity contribution is 6.09. The van der Waals surface area contributed by atoms with Crippen LogP contribution >= 0.6 is 0 Å². The van der Waals surface area contributed by atoms with Crippen LogP contribution in [0.1, 0.15) is 74.6 Å². The Balaban J connectivity index is 1.08. The van der Waals surface area contributed by atoms with Gasteiger partial charge in [0.25, 0.3) is 0 Å². The number of rotatable bonds is 8. The summed E-state index contributed by atoms with van der Waals surface area (Å²) in [7, 11) is 0. The predicted molar refractivity (Wildman–Crippen MR) is 255 cm³/mol. The van der Waals surface area contributed by atoms with Crippen molar-refractivity contribution in [2.75, 3.05) is 4.90 Å². The Kier molecular flexibility index (Phi) is 9.07. The van der Waals surface area contributed by atoms with Gasteiger partial charge in [0.1, 0.15) is 11.5 Å². The highest BCUT2D eigenvalue weighted by Gasteiger charge is 2.44. The molecule has 8 aromatic rings. The Labute approximate surface area is 361 Å². The first kappa shape index (κ1) is 37.7. The summed E-state index contributed by atoms with van der Waals surface area (Å²) in [6, 6.07) is 58.3. The largest absolute Gasteiger partial charge is 0.457 e. The van der Waals surface area contributed by atoms with Crippen molar-refractivity contribution in [3.05, 3.63) is 193 Å². The summed E-state index contributed by atoms with van der Waals surface area (Å²) in [6.45, 7) is 13.6. The molecule has 0 radical (unpaired) electrons. The monoisotopic (exact) mass is 794 g/mol. The first-order valence-electron chi connectivity index (χ1n) is 22.4. The van der Waals surface area contributed by atoms with Crippen molar-refractivity contribution in [3.8, 4) is 28.3 Å². The van der Waals surface area contributed by atoms with Gasteiger partial charge in [-0.2, -0.15) is 0 Å². The molecule has 0 N–H and O–H groups in total. The topological polar surface area (TPSA) is 17.4 Å². The summed E-state index contributed by atoms with van der Waals surface area (Å²) in [5.41, 5.74) is 14.6. The molecular formula is C58H54N2O. The Morgan fingerprint density at radius 3 is 1.90 bits per heavy atom. The average Bonchev–Trinajstić information content (AvgIpc) is 3.73. The van der Waals surface area contributed by atoms with Gasteiger partial charge in [-0.1, -0.05) is 118 Å². The molecule has 0 aliphatic heterocycles. The fourth-order valence-corrected chi connectivity index (χ4v) is 11.9. The van der Waals surface area contributed by atoms with Crippen LogP contribution in [-0.2, 0) is 5.41 Å². The lowest BCUT2D eigenvalue weighted by Gasteiger charge is -2.48. The number of nitrogens with zero attached hydrogens (tertiary/aromatic N) is 2. The van der Waals surface area contributed by atoms with Crippen molar-refractivity contribution in [2.45, 2.75) is 64.7 Å². The molecule has 2 fully saturated rings. The molecule has 2 bridgehead atoms. The number of aryl methyl sites for hydroxylation is 1. The van der Waals surface area contributed by atoms with Gasteiger partial charge in [-0.05, 0) is 156 Å². The normalized spacial score (nSPS) is 21.2. The molecular weight excluding hydrogens is 741 g/mol. The minimum atomic E-state index is -0.129. The van der Waals surface area contributed by atoms with Crippen LogP contribution in [0.15, 0.2) is 170 Å². The molecule has 0 amide bonds. The van der Waals surface area contributed by atoms with Gasteiger partial charge < -0.3 is 14.2 Å². The molecule has 1 aromatic heterocycles. The Bertz CT molecular complexity index is 2900. The third kappa shape index (κ3) is 6.23. The van der Waals surface area contributed by atoms with E-state index in [9.17, 15) is 0 Å². The summed E-state index contributed by atoms with van der Waals surface area (Å²) in [4.78, 5) is 2.45. The lowest BCUT2D eigenvalue weighted by molar-refractivity contribution is 0.0871.